The van der Waals surface area contributed by atoms with E-state index in [-0.39, 0.29) is 59.7 Å². The van der Waals surface area contributed by atoms with Crippen LogP contribution in [-0.4, -0.2) is 55.7 Å². The Morgan fingerprint density at radius 1 is 0.434 bits per heavy atom. The smallest absolute Gasteiger partial charge is 0.657 e. The molecule has 4 saturated carbocycles. The van der Waals surface area contributed by atoms with Gasteiger partial charge in [-0.05, 0) is 136 Å². The minimum absolute atomic E-state index is 0. The summed E-state index contributed by atoms with van der Waals surface area (Å²) in [5.41, 5.74) is 10.0. The van der Waals surface area contributed by atoms with Gasteiger partial charge in [-0.25, -0.2) is 15.0 Å². The molecular formula is C89H100FeN10O6. The van der Waals surface area contributed by atoms with Gasteiger partial charge in [-0.15, -0.1) is 22.1 Å². The summed E-state index contributed by atoms with van der Waals surface area (Å²) in [6, 6.07) is 39.3. The summed E-state index contributed by atoms with van der Waals surface area (Å²) in [6.45, 7) is 11.0. The van der Waals surface area contributed by atoms with Gasteiger partial charge < -0.3 is 40.5 Å². The number of nitrogens with zero attached hydrogens (tertiary/aromatic N) is 6. The van der Waals surface area contributed by atoms with Crippen molar-refractivity contribution < 1.29 is 45.8 Å². The van der Waals surface area contributed by atoms with Crippen LogP contribution < -0.4 is 31.2 Å². The van der Waals surface area contributed by atoms with Crippen LogP contribution in [0, 0.1) is 28.6 Å². The van der Waals surface area contributed by atoms with E-state index >= 15 is 4.79 Å². The van der Waals surface area contributed by atoms with Crippen molar-refractivity contribution in [1.29, 1.82) is 0 Å². The minimum atomic E-state index is -0.605. The molecule has 6 aliphatic rings. The van der Waals surface area contributed by atoms with E-state index in [4.69, 9.17) is 24.7 Å². The summed E-state index contributed by atoms with van der Waals surface area (Å²) in [7, 11) is 0. The Balaban J connectivity index is 0.00000995. The largest absolute Gasteiger partial charge is 2.00 e. The van der Waals surface area contributed by atoms with Crippen molar-refractivity contribution in [2.24, 2.45) is 21.7 Å². The van der Waals surface area contributed by atoms with Gasteiger partial charge in [0.1, 0.15) is 12.4 Å². The number of ether oxygens (including phenoxy) is 1. The van der Waals surface area contributed by atoms with E-state index in [0.29, 0.717) is 124 Å². The molecule has 4 N–H and O–H groups in total. The van der Waals surface area contributed by atoms with Crippen LogP contribution in [0.1, 0.15) is 223 Å². The van der Waals surface area contributed by atoms with Crippen LogP contribution in [0.5, 0.6) is 0 Å². The van der Waals surface area contributed by atoms with E-state index in [2.05, 4.69) is 58.5 Å². The van der Waals surface area contributed by atoms with E-state index in [0.717, 1.165) is 166 Å². The third-order valence-electron chi connectivity index (χ3n) is 23.7. The molecule has 4 fully saturated rings. The summed E-state index contributed by atoms with van der Waals surface area (Å²) in [6.07, 6.45) is 32.9. The number of hydrogen-bond donors (Lipinski definition) is 4. The number of nitrogens with one attached hydrogen (secondary N) is 4. The third kappa shape index (κ3) is 16.1. The second kappa shape index (κ2) is 32.7. The zero-order chi connectivity index (χ0) is 72.7. The number of fused-ring (bicyclic) bond motifs is 8. The van der Waals surface area contributed by atoms with Gasteiger partial charge in [0.05, 0.1) is 22.8 Å². The van der Waals surface area contributed by atoms with Crippen LogP contribution in [0.3, 0.4) is 0 Å². The molecule has 17 heteroatoms. The van der Waals surface area contributed by atoms with Gasteiger partial charge in [-0.1, -0.05) is 221 Å². The first-order valence-electron chi connectivity index (χ1n) is 38.8. The zero-order valence-electron chi connectivity index (χ0n) is 62.2. The maximum Gasteiger partial charge on any atom is 2.00 e. The fourth-order valence-electron chi connectivity index (χ4n) is 17.0. The summed E-state index contributed by atoms with van der Waals surface area (Å²) >= 11 is 0. The molecule has 14 rings (SSSR count). The van der Waals surface area contributed by atoms with Crippen LogP contribution in [0.25, 0.3) is 90.4 Å². The summed E-state index contributed by atoms with van der Waals surface area (Å²) in [5, 5.41) is 13.8. The quantitative estimate of drug-likeness (QED) is 0.0284. The second-order valence-corrected chi connectivity index (χ2v) is 31.5. The molecule has 8 bridgehead atoms. The molecule has 550 valence electrons. The van der Waals surface area contributed by atoms with Crippen LogP contribution in [0.4, 0.5) is 22.7 Å². The van der Waals surface area contributed by atoms with Gasteiger partial charge in [-0.3, -0.25) is 24.0 Å². The van der Waals surface area contributed by atoms with Crippen molar-refractivity contribution >= 4 is 98.2 Å². The van der Waals surface area contributed by atoms with E-state index in [1.807, 2.05) is 159 Å². The van der Waals surface area contributed by atoms with Crippen molar-refractivity contribution in [3.8, 4) is 44.5 Å². The summed E-state index contributed by atoms with van der Waals surface area (Å²) in [4.78, 5) is 101. The molecule has 0 atom stereocenters. The Bertz CT molecular complexity index is 4840. The SMILES string of the molecule is Cc1nccn1CCCCCCCC(=O)OCC1=Cc2nc1c(-c1ccccc1NC(=O)C1(C)CCCCC1)c1ccc([n-]1)c(-c1ccccc1NC(=O)C1(C)CCCCC1)c1nc(c(-c3ccccc3NC(=O)C3(C)CCCCC3)c3ccc([n-]3)c2-c2ccccc2NC(=O)C2(C)CCCCC2)C=C1.[Fe+2]. The molecule has 0 unspecified atom stereocenters. The number of imidazole rings is 1. The van der Waals surface area contributed by atoms with Gasteiger partial charge in [0, 0.05) is 97.6 Å². The maximum absolute atomic E-state index is 15.0. The number of unbranched alkanes of at least 4 members (excludes halogenated alkanes) is 4. The summed E-state index contributed by atoms with van der Waals surface area (Å²) < 4.78 is 8.65. The number of aryl methyl sites for hydroxylation is 2. The average molecular weight is 1460 g/mol. The Hall–Kier alpha value is -9.44. The van der Waals surface area contributed by atoms with Crippen LogP contribution in [0.2, 0.25) is 0 Å². The molecule has 6 heterocycles. The number of esters is 1. The predicted molar refractivity (Wildman–Crippen MR) is 422 cm³/mol. The number of carbonyl (C=O) groups is 5. The molecule has 0 saturated heterocycles. The summed E-state index contributed by atoms with van der Waals surface area (Å²) in [5.74, 6) is 0.453. The number of carbonyl (C=O) groups excluding carboxylic acids is 5. The van der Waals surface area contributed by atoms with Gasteiger partial charge >= 0.3 is 23.0 Å². The number of amides is 4. The molecule has 0 radical (unpaired) electrons. The number of hydrogen-bond acceptors (Lipinski definition) is 9. The topological polar surface area (TPSA) is 214 Å². The molecule has 4 amide bonds. The zero-order valence-corrected chi connectivity index (χ0v) is 63.3. The first-order chi connectivity index (χ1) is 51.0. The van der Waals surface area contributed by atoms with Crippen molar-refractivity contribution in [2.45, 2.75) is 208 Å². The van der Waals surface area contributed by atoms with Gasteiger partial charge in [0.2, 0.25) is 23.6 Å². The molecule has 2 aliphatic heterocycles. The van der Waals surface area contributed by atoms with Gasteiger partial charge in [0.25, 0.3) is 0 Å². The maximum atomic E-state index is 15.0. The van der Waals surface area contributed by atoms with Crippen molar-refractivity contribution in [3.05, 3.63) is 162 Å². The first kappa shape index (κ1) is 74.8. The predicted octanol–water partition coefficient (Wildman–Crippen LogP) is 20.7. The molecule has 106 heavy (non-hydrogen) atoms. The Labute approximate surface area is 634 Å². The first-order valence-corrected chi connectivity index (χ1v) is 38.8. The van der Waals surface area contributed by atoms with E-state index in [1.54, 1.807) is 0 Å². The molecule has 0 spiro atoms. The molecule has 4 aromatic carbocycles. The van der Waals surface area contributed by atoms with Crippen molar-refractivity contribution in [2.75, 3.05) is 27.9 Å². The van der Waals surface area contributed by atoms with Crippen LogP contribution >= 0.6 is 0 Å². The van der Waals surface area contributed by atoms with Crippen LogP contribution in [-0.2, 0) is 52.3 Å². The monoisotopic (exact) mass is 1460 g/mol. The van der Waals surface area contributed by atoms with Crippen molar-refractivity contribution in [3.63, 3.8) is 0 Å². The molecular weight excluding hydrogens is 1360 g/mol. The van der Waals surface area contributed by atoms with E-state index in [1.165, 1.54) is 0 Å². The molecule has 16 nitrogen and oxygen atoms in total. The second-order valence-electron chi connectivity index (χ2n) is 31.5. The molecule has 4 aromatic heterocycles. The van der Waals surface area contributed by atoms with Crippen LogP contribution in [0.15, 0.2) is 134 Å². The fourth-order valence-corrected chi connectivity index (χ4v) is 17.0. The number of aromatic nitrogens is 6. The fraction of sp³-hybridized carbons (Fsp3) is 0.416. The van der Waals surface area contributed by atoms with E-state index in [9.17, 15) is 19.2 Å². The molecule has 4 aliphatic carbocycles. The van der Waals surface area contributed by atoms with E-state index < -0.39 is 21.7 Å². The Morgan fingerprint density at radius 2 is 0.783 bits per heavy atom. The molecule has 8 aromatic rings. The standard InChI is InChI=1S/C89H102N10O6.Fe/c1-59-90-54-56-99(59)55-30-8-6-7-13-39-76(100)105-58-60-57-75-79(63-33-16-20-37-67(63)97-84(103)88(4)50-26-11-27-51-88)73-43-42-71(92-73)77(61-31-14-18-35-65(61)95-82(101)86(2)46-22-9-23-47-86)69-40-41-70(91-69)78(62-32-15-19-36-66(62)96-83(102)87(3)48-24-10-25-49-87)72-44-45-74(93-72)80(81(60)94-75)64-34-17-21-38-68(64)98-85(104)89(5)52-28-12-29-53-89;/h14-21,31-38,40-45,54,56-57H,6-13,22-30,39,46-53,55,58H2,1-5H3,(H6,91,92,93,94,95,96,97,98,101,102,103,104);/q;+2/p-2. The Kier molecular flexibility index (Phi) is 23.1. The number of rotatable bonds is 22. The van der Waals surface area contributed by atoms with Gasteiger partial charge in [0.15, 0.2) is 0 Å². The third-order valence-corrected chi connectivity index (χ3v) is 23.7. The number of anilines is 4. The minimum Gasteiger partial charge on any atom is -0.657 e. The van der Waals surface area contributed by atoms with Gasteiger partial charge in [-0.2, -0.15) is 0 Å². The number of para-hydroxylation sites is 4. The average Bonchev–Trinajstić information content (AvgIpc) is 1.59. The normalized spacial score (nSPS) is 17.1. The van der Waals surface area contributed by atoms with Crippen molar-refractivity contribution in [1.82, 2.24) is 29.5 Å². The number of benzene rings is 4. The Morgan fingerprint density at radius 3 is 1.17 bits per heavy atom.